The molecule has 4 atom stereocenters. The average molecular weight is 1840 g/mol. The standard InChI is InChI=1S/4C27H45NO3.Sn/c4*1-2-3-4-5-6-7-8-9-10-11-12-13-14-15-19-22-26(29)28-25(27(30)31)23-24-20-17-16-18-21-24;/h4*16-18,20-21,25H,2-15,19,22-23H2,1H3,(H,28,29)(H,30,31);/q;;;;+4/p-4/t4*25-;/m0000./s1. The van der Waals surface area contributed by atoms with E-state index in [2.05, 4.69) is 49.0 Å². The zero-order chi connectivity index (χ0) is 89.6. The molecule has 0 saturated carbocycles. The summed E-state index contributed by atoms with van der Waals surface area (Å²) in [5.74, 6) is -6.73. The normalized spacial score (nSPS) is 12.4. The summed E-state index contributed by atoms with van der Waals surface area (Å²) in [6.45, 7) is 9.01. The number of unbranched alkanes of at least 4 members (excludes halogenated alkanes) is 56. The fraction of sp³-hybridized carbons (Fsp3) is 0.704. The first-order chi connectivity index (χ1) is 61.3. The molecule has 0 fully saturated rings. The Hall–Kier alpha value is -6.56. The van der Waals surface area contributed by atoms with Crippen molar-refractivity contribution < 1.29 is 50.7 Å². The summed E-state index contributed by atoms with van der Waals surface area (Å²) in [5, 5.41) is 11.7. The van der Waals surface area contributed by atoms with E-state index in [9.17, 15) is 19.2 Å². The van der Waals surface area contributed by atoms with Crippen LogP contribution in [0.2, 0.25) is 0 Å². The van der Waals surface area contributed by atoms with Gasteiger partial charge < -0.3 is 0 Å². The van der Waals surface area contributed by atoms with Crippen molar-refractivity contribution in [1.29, 1.82) is 0 Å². The van der Waals surface area contributed by atoms with Crippen molar-refractivity contribution in [3.05, 3.63) is 144 Å². The van der Waals surface area contributed by atoms with Crippen LogP contribution in [0, 0.1) is 0 Å². The molecule has 0 bridgehead atoms. The van der Waals surface area contributed by atoms with Crippen molar-refractivity contribution in [3.63, 3.8) is 0 Å². The van der Waals surface area contributed by atoms with E-state index in [4.69, 9.17) is 12.3 Å². The van der Waals surface area contributed by atoms with Gasteiger partial charge in [0.2, 0.25) is 0 Å². The second-order valence-electron chi connectivity index (χ2n) is 36.2. The fourth-order valence-electron chi connectivity index (χ4n) is 16.8. The summed E-state index contributed by atoms with van der Waals surface area (Å²) in [7, 11) is 0. The molecule has 0 aliphatic rings. The Morgan fingerprint density at radius 3 is 0.464 bits per heavy atom. The number of carbonyl (C=O) groups is 8. The third-order valence-corrected chi connectivity index (χ3v) is 29.7. The molecule has 0 radical (unpaired) electrons. The van der Waals surface area contributed by atoms with Crippen LogP contribution in [0.1, 0.15) is 461 Å². The molecule has 16 nitrogen and oxygen atoms in total. The number of carbonyl (C=O) groups excluding carboxylic acids is 8. The molecule has 0 aromatic heterocycles. The van der Waals surface area contributed by atoms with Crippen LogP contribution in [0.25, 0.3) is 0 Å². The summed E-state index contributed by atoms with van der Waals surface area (Å²) in [5.41, 5.74) is 2.47. The smallest absolute Gasteiger partial charge is 0.0654 e. The number of rotatable bonds is 84. The quantitative estimate of drug-likeness (QED) is 0.0239. The summed E-state index contributed by atoms with van der Waals surface area (Å²) in [6, 6.07) is 29.9. The Balaban J connectivity index is 1.75. The number of benzene rings is 4. The van der Waals surface area contributed by atoms with Crippen LogP contribution in [-0.2, 0) is 76.3 Å². The van der Waals surface area contributed by atoms with E-state index in [1.807, 2.05) is 24.3 Å². The van der Waals surface area contributed by atoms with Crippen molar-refractivity contribution in [2.45, 2.75) is 488 Å². The minimum absolute atomic E-state index is 0.0744. The topological polar surface area (TPSA) is 222 Å². The molecule has 17 heteroatoms. The molecule has 4 aromatic carbocycles. The van der Waals surface area contributed by atoms with Crippen LogP contribution in [0.4, 0.5) is 0 Å². The predicted octanol–water partition coefficient (Wildman–Crippen LogP) is 27.6. The van der Waals surface area contributed by atoms with Crippen LogP contribution in [-0.4, -0.2) is 91.7 Å². The van der Waals surface area contributed by atoms with E-state index in [0.29, 0.717) is 47.9 Å². The second-order valence-corrected chi connectivity index (χ2v) is 41.4. The van der Waals surface area contributed by atoms with E-state index in [-0.39, 0.29) is 51.4 Å². The van der Waals surface area contributed by atoms with E-state index < -0.39 is 91.7 Å². The minimum Gasteiger partial charge on any atom is -0.0654 e. The first kappa shape index (κ1) is 111. The van der Waals surface area contributed by atoms with Crippen LogP contribution in [0.5, 0.6) is 0 Å². The van der Waals surface area contributed by atoms with Gasteiger partial charge in [-0.1, -0.05) is 259 Å². The van der Waals surface area contributed by atoms with Crippen LogP contribution in [0.3, 0.4) is 0 Å². The molecular formula is C108H176N4O12Sn. The maximum atomic E-state index is 16.0. The third-order valence-electron chi connectivity index (χ3n) is 24.5. The first-order valence-corrected chi connectivity index (χ1v) is 56.2. The van der Waals surface area contributed by atoms with Gasteiger partial charge in [-0.25, -0.2) is 0 Å². The zero-order valence-corrected chi connectivity index (χ0v) is 82.2. The predicted molar refractivity (Wildman–Crippen MR) is 517 cm³/mol. The third kappa shape index (κ3) is 60.0. The molecule has 704 valence electrons. The van der Waals surface area contributed by atoms with Gasteiger partial charge >= 0.3 is 513 Å². The van der Waals surface area contributed by atoms with Gasteiger partial charge in [0.15, 0.2) is 0 Å². The van der Waals surface area contributed by atoms with Gasteiger partial charge in [-0.3, -0.25) is 0 Å². The van der Waals surface area contributed by atoms with Crippen molar-refractivity contribution in [1.82, 2.24) is 21.3 Å². The zero-order valence-electron chi connectivity index (χ0n) is 79.3. The molecule has 125 heavy (non-hydrogen) atoms. The number of hydrogen-bond acceptors (Lipinski definition) is 12. The minimum atomic E-state index is -7.47. The Morgan fingerprint density at radius 2 is 0.328 bits per heavy atom. The van der Waals surface area contributed by atoms with Gasteiger partial charge in [-0.2, -0.15) is 0 Å². The number of hydrogen-bond donors (Lipinski definition) is 4. The summed E-state index contributed by atoms with van der Waals surface area (Å²) in [6.07, 6.45) is 68.7. The van der Waals surface area contributed by atoms with Gasteiger partial charge in [-0.15, -0.1) is 0 Å². The average Bonchev–Trinajstić information content (AvgIpc) is 0.796. The molecule has 0 spiro atoms. The molecule has 4 aromatic rings. The monoisotopic (exact) mass is 1840 g/mol. The molecular weight excluding hydrogens is 1660 g/mol. The SMILES string of the molecule is CCCCCCCCCCCCCCCCCC(=O)N[C@@H](Cc1ccccc1)C(=O)[O][Sn]([O]C(=O)[C@H](Cc1ccccc1)NC(=O)CCCCCCCCCCCCCCCCC)([O]C(=O)[C@H](Cc1ccccc1)NC(=O)CCCCCCCCCCCCCCCCC)[O]C(=O)[C@H](Cc1ccccc1)NC(=O)CCCCCCCCCCCCCCCCC. The van der Waals surface area contributed by atoms with Crippen molar-refractivity contribution in [3.8, 4) is 0 Å². The van der Waals surface area contributed by atoms with Gasteiger partial charge in [0.25, 0.3) is 0 Å². The van der Waals surface area contributed by atoms with Gasteiger partial charge in [0.1, 0.15) is 0 Å². The second kappa shape index (κ2) is 77.4. The van der Waals surface area contributed by atoms with Crippen LogP contribution in [0.15, 0.2) is 121 Å². The number of nitrogens with one attached hydrogen (secondary N) is 4. The van der Waals surface area contributed by atoms with Gasteiger partial charge in [0, 0.05) is 0 Å². The Morgan fingerprint density at radius 1 is 0.200 bits per heavy atom. The molecule has 4 N–H and O–H groups in total. The molecule has 4 amide bonds. The van der Waals surface area contributed by atoms with Crippen molar-refractivity contribution in [2.75, 3.05) is 0 Å². The van der Waals surface area contributed by atoms with Crippen LogP contribution < -0.4 is 21.3 Å². The van der Waals surface area contributed by atoms with Gasteiger partial charge in [0.05, 0.1) is 0 Å². The number of amides is 4. The maximum absolute atomic E-state index is 16.0. The van der Waals surface area contributed by atoms with Crippen molar-refractivity contribution >= 4 is 67.5 Å². The summed E-state index contributed by atoms with van der Waals surface area (Å²) in [4.78, 5) is 122. The van der Waals surface area contributed by atoms with E-state index in [1.165, 1.54) is 257 Å². The molecule has 0 saturated heterocycles. The van der Waals surface area contributed by atoms with Crippen LogP contribution >= 0.6 is 0 Å². The van der Waals surface area contributed by atoms with E-state index >= 15 is 19.2 Å². The summed E-state index contributed by atoms with van der Waals surface area (Å²) >= 11 is -7.47. The van der Waals surface area contributed by atoms with E-state index in [1.54, 1.807) is 97.1 Å². The molecule has 4 rings (SSSR count). The Kier molecular flexibility index (Phi) is 68.6. The Labute approximate surface area is 766 Å². The van der Waals surface area contributed by atoms with Gasteiger partial charge in [-0.05, 0) is 0 Å². The van der Waals surface area contributed by atoms with Crippen molar-refractivity contribution in [2.24, 2.45) is 0 Å². The van der Waals surface area contributed by atoms with E-state index in [0.717, 1.165) is 103 Å². The molecule has 0 aliphatic heterocycles. The Bertz CT molecular complexity index is 2870. The fourth-order valence-corrected chi connectivity index (χ4v) is 21.9. The first-order valence-electron chi connectivity index (χ1n) is 51.5. The molecule has 0 aliphatic carbocycles. The molecule has 0 heterocycles. The molecule has 0 unspecified atom stereocenters. The summed E-state index contributed by atoms with van der Waals surface area (Å²) < 4.78 is 26.4.